The summed E-state index contributed by atoms with van der Waals surface area (Å²) in [4.78, 5) is 24.7. The molecule has 2 N–H and O–H groups in total. The van der Waals surface area contributed by atoms with E-state index in [1.807, 2.05) is 70.2 Å². The first kappa shape index (κ1) is 22.7. The minimum Gasteiger partial charge on any atom is -0.325 e. The van der Waals surface area contributed by atoms with Gasteiger partial charge in [-0.3, -0.25) is 14.9 Å². The Kier molecular flexibility index (Phi) is 7.59. The van der Waals surface area contributed by atoms with Crippen LogP contribution in [0, 0.1) is 20.8 Å². The van der Waals surface area contributed by atoms with E-state index in [4.69, 9.17) is 0 Å². The van der Waals surface area contributed by atoms with Crippen LogP contribution in [0.5, 0.6) is 0 Å². The number of hydrogen-bond donors (Lipinski definition) is 2. The summed E-state index contributed by atoms with van der Waals surface area (Å²) >= 11 is 2.55. The fraction of sp³-hybridized carbons (Fsp3) is 0.217. The summed E-state index contributed by atoms with van der Waals surface area (Å²) in [6.07, 6.45) is 3.18. The number of aryl methyl sites for hydroxylation is 3. The maximum Gasteiger partial charge on any atom is 0.250 e. The number of nitrogens with one attached hydrogen (secondary N) is 2. The molecule has 0 bridgehead atoms. The molecule has 8 heteroatoms. The lowest BCUT2D eigenvalue weighted by molar-refractivity contribution is -0.115. The Bertz CT molecular complexity index is 1090. The summed E-state index contributed by atoms with van der Waals surface area (Å²) in [6, 6.07) is 13.7. The Balaban J connectivity index is 1.56. The number of amides is 2. The van der Waals surface area contributed by atoms with Crippen molar-refractivity contribution in [2.24, 2.45) is 0 Å². The molecule has 3 rings (SSSR count). The van der Waals surface area contributed by atoms with Gasteiger partial charge in [-0.1, -0.05) is 71.1 Å². The van der Waals surface area contributed by atoms with Crippen molar-refractivity contribution in [1.82, 2.24) is 10.2 Å². The number of carbonyl (C=O) groups excluding carboxylic acids is 2. The molecule has 1 aromatic heterocycles. The van der Waals surface area contributed by atoms with Gasteiger partial charge in [0.25, 0.3) is 0 Å². The Morgan fingerprint density at radius 2 is 1.71 bits per heavy atom. The molecule has 1 heterocycles. The van der Waals surface area contributed by atoms with Crippen LogP contribution >= 0.6 is 23.1 Å². The average Bonchev–Trinajstić information content (AvgIpc) is 3.16. The minimum atomic E-state index is -0.366. The lowest BCUT2D eigenvalue weighted by atomic mass is 10.1. The molecule has 1 atom stereocenters. The Morgan fingerprint density at radius 3 is 2.39 bits per heavy atom. The van der Waals surface area contributed by atoms with E-state index >= 15 is 0 Å². The maximum atomic E-state index is 12.7. The van der Waals surface area contributed by atoms with Crippen molar-refractivity contribution < 1.29 is 9.59 Å². The van der Waals surface area contributed by atoms with Gasteiger partial charge in [0.15, 0.2) is 4.34 Å². The molecule has 160 valence electrons. The second-order valence-corrected chi connectivity index (χ2v) is 9.69. The Labute approximate surface area is 190 Å². The first-order chi connectivity index (χ1) is 14.8. The van der Waals surface area contributed by atoms with Gasteiger partial charge in [0.1, 0.15) is 0 Å². The zero-order valence-electron chi connectivity index (χ0n) is 17.8. The molecule has 0 fully saturated rings. The summed E-state index contributed by atoms with van der Waals surface area (Å²) in [5.74, 6) is -0.390. The highest BCUT2D eigenvalue weighted by atomic mass is 32.2. The molecule has 3 aromatic rings. The number of carbonyl (C=O) groups is 2. The highest BCUT2D eigenvalue weighted by molar-refractivity contribution is 8.02. The van der Waals surface area contributed by atoms with E-state index in [1.54, 1.807) is 6.08 Å². The molecular formula is C23H24N4O2S2. The Hall–Kier alpha value is -2.97. The van der Waals surface area contributed by atoms with Gasteiger partial charge in [0, 0.05) is 11.8 Å². The number of aromatic nitrogens is 2. The van der Waals surface area contributed by atoms with E-state index in [9.17, 15) is 9.59 Å². The van der Waals surface area contributed by atoms with Crippen LogP contribution < -0.4 is 10.6 Å². The molecule has 0 radical (unpaired) electrons. The first-order valence-electron chi connectivity index (χ1n) is 9.75. The number of thioether (sulfide) groups is 1. The molecule has 0 aliphatic carbocycles. The van der Waals surface area contributed by atoms with E-state index in [2.05, 4.69) is 20.8 Å². The quantitative estimate of drug-likeness (QED) is 0.291. The number of nitrogens with zero attached hydrogens (tertiary/aromatic N) is 2. The second kappa shape index (κ2) is 10.4. The van der Waals surface area contributed by atoms with Crippen LogP contribution in [0.25, 0.3) is 6.08 Å². The van der Waals surface area contributed by atoms with Gasteiger partial charge in [-0.25, -0.2) is 0 Å². The van der Waals surface area contributed by atoms with Crippen LogP contribution in [0.15, 0.2) is 52.9 Å². The third kappa shape index (κ3) is 6.50. The molecule has 1 unspecified atom stereocenters. The number of anilines is 2. The normalized spacial score (nSPS) is 12.0. The van der Waals surface area contributed by atoms with E-state index < -0.39 is 0 Å². The van der Waals surface area contributed by atoms with Gasteiger partial charge in [-0.2, -0.15) is 0 Å². The second-order valence-electron chi connectivity index (χ2n) is 7.13. The Morgan fingerprint density at radius 1 is 1.03 bits per heavy atom. The molecule has 31 heavy (non-hydrogen) atoms. The van der Waals surface area contributed by atoms with Crippen LogP contribution in [0.2, 0.25) is 0 Å². The first-order valence-corrected chi connectivity index (χ1v) is 11.4. The van der Waals surface area contributed by atoms with Crippen LogP contribution in [0.1, 0.15) is 29.2 Å². The van der Waals surface area contributed by atoms with Crippen molar-refractivity contribution in [2.75, 3.05) is 10.6 Å². The van der Waals surface area contributed by atoms with E-state index in [0.29, 0.717) is 9.47 Å². The van der Waals surface area contributed by atoms with Crippen LogP contribution in [0.3, 0.4) is 0 Å². The zero-order valence-corrected chi connectivity index (χ0v) is 19.4. The van der Waals surface area contributed by atoms with Gasteiger partial charge in [0.05, 0.1) is 5.25 Å². The molecule has 0 saturated carbocycles. The monoisotopic (exact) mass is 452 g/mol. The van der Waals surface area contributed by atoms with Gasteiger partial charge in [-0.15, -0.1) is 10.2 Å². The van der Waals surface area contributed by atoms with Crippen molar-refractivity contribution in [1.29, 1.82) is 0 Å². The molecule has 0 aliphatic heterocycles. The van der Waals surface area contributed by atoms with Crippen LogP contribution in [0.4, 0.5) is 10.8 Å². The van der Waals surface area contributed by atoms with Gasteiger partial charge < -0.3 is 5.32 Å². The molecule has 2 amide bonds. The van der Waals surface area contributed by atoms with Crippen LogP contribution in [-0.4, -0.2) is 27.3 Å². The summed E-state index contributed by atoms with van der Waals surface area (Å²) in [6.45, 7) is 7.83. The van der Waals surface area contributed by atoms with E-state index in [0.717, 1.165) is 27.9 Å². The third-order valence-corrected chi connectivity index (χ3v) is 6.46. The fourth-order valence-electron chi connectivity index (χ4n) is 3.00. The number of benzene rings is 2. The lowest BCUT2D eigenvalue weighted by Crippen LogP contribution is -2.23. The van der Waals surface area contributed by atoms with Gasteiger partial charge >= 0.3 is 0 Å². The zero-order chi connectivity index (χ0) is 22.4. The third-order valence-electron chi connectivity index (χ3n) is 4.44. The fourth-order valence-corrected chi connectivity index (χ4v) is 4.90. The van der Waals surface area contributed by atoms with Crippen molar-refractivity contribution in [3.8, 4) is 0 Å². The summed E-state index contributed by atoms with van der Waals surface area (Å²) in [5.41, 5.74) is 5.01. The molecular weight excluding hydrogens is 428 g/mol. The standard InChI is InChI=1S/C23H24N4O2S2/c1-14-12-15(2)20(16(3)13-14)25-21(29)17(4)30-23-27-26-22(31-23)24-19(28)11-10-18-8-6-5-7-9-18/h5-13,17H,1-4H3,(H,25,29)(H,24,26,28). The molecule has 0 spiro atoms. The minimum absolute atomic E-state index is 0.105. The molecule has 2 aromatic carbocycles. The number of rotatable bonds is 7. The van der Waals surface area contributed by atoms with Gasteiger partial charge in [-0.05, 0) is 50.5 Å². The topological polar surface area (TPSA) is 84.0 Å². The largest absolute Gasteiger partial charge is 0.325 e. The summed E-state index contributed by atoms with van der Waals surface area (Å²) in [5, 5.41) is 13.8. The van der Waals surface area contributed by atoms with Crippen molar-refractivity contribution in [3.05, 3.63) is 70.8 Å². The highest BCUT2D eigenvalue weighted by Crippen LogP contribution is 2.30. The lowest BCUT2D eigenvalue weighted by Gasteiger charge is -2.15. The average molecular weight is 453 g/mol. The molecule has 0 saturated heterocycles. The SMILES string of the molecule is Cc1cc(C)c(NC(=O)C(C)Sc2nnc(NC(=O)C=Cc3ccccc3)s2)c(C)c1. The van der Waals surface area contributed by atoms with E-state index in [-0.39, 0.29) is 17.1 Å². The van der Waals surface area contributed by atoms with E-state index in [1.165, 1.54) is 29.2 Å². The summed E-state index contributed by atoms with van der Waals surface area (Å²) < 4.78 is 0.613. The maximum absolute atomic E-state index is 12.7. The summed E-state index contributed by atoms with van der Waals surface area (Å²) in [7, 11) is 0. The molecule has 6 nitrogen and oxygen atoms in total. The predicted octanol–water partition coefficient (Wildman–Crippen LogP) is 5.23. The van der Waals surface area contributed by atoms with Crippen LogP contribution in [-0.2, 0) is 9.59 Å². The van der Waals surface area contributed by atoms with Crippen molar-refractivity contribution >= 4 is 51.8 Å². The highest BCUT2D eigenvalue weighted by Gasteiger charge is 2.19. The van der Waals surface area contributed by atoms with Crippen molar-refractivity contribution in [2.45, 2.75) is 37.3 Å². The van der Waals surface area contributed by atoms with Gasteiger partial charge in [0.2, 0.25) is 16.9 Å². The predicted molar refractivity (Wildman–Crippen MR) is 129 cm³/mol. The number of hydrogen-bond acceptors (Lipinski definition) is 6. The molecule has 0 aliphatic rings. The smallest absolute Gasteiger partial charge is 0.250 e. The van der Waals surface area contributed by atoms with Crippen molar-refractivity contribution in [3.63, 3.8) is 0 Å².